The van der Waals surface area contributed by atoms with Crippen LogP contribution in [0.2, 0.25) is 0 Å². The number of rotatable bonds is 5. The molecule has 1 aromatic heterocycles. The molecule has 5 rings (SSSR count). The van der Waals surface area contributed by atoms with Crippen LogP contribution in [0.1, 0.15) is 42.5 Å². The summed E-state index contributed by atoms with van der Waals surface area (Å²) in [4.78, 5) is 20.7. The second-order valence-electron chi connectivity index (χ2n) is 10.7. The van der Waals surface area contributed by atoms with Crippen molar-refractivity contribution in [2.24, 2.45) is 0 Å². The molecule has 2 atom stereocenters. The number of aromatic hydroxyl groups is 1. The first-order valence-electron chi connectivity index (χ1n) is 13.6. The first-order chi connectivity index (χ1) is 21.5. The molecule has 2 fully saturated rings. The first-order valence-corrected chi connectivity index (χ1v) is 17.1. The van der Waals surface area contributed by atoms with Crippen molar-refractivity contribution in [1.29, 1.82) is 0 Å². The molecule has 1 amide bonds. The van der Waals surface area contributed by atoms with Crippen molar-refractivity contribution in [2.75, 3.05) is 12.4 Å². The number of amides is 1. The molecule has 0 radical (unpaired) electrons. The molecule has 46 heavy (non-hydrogen) atoms. The zero-order valence-corrected chi connectivity index (χ0v) is 25.8. The molecular formula is C28H26F8IN5O4. The van der Waals surface area contributed by atoms with Crippen molar-refractivity contribution in [1.82, 2.24) is 20.0 Å². The average molecular weight is 775 g/mol. The Balaban J connectivity index is 1.54. The van der Waals surface area contributed by atoms with Crippen LogP contribution in [0.4, 0.5) is 45.6 Å². The van der Waals surface area contributed by atoms with Gasteiger partial charge in [0, 0.05) is 0 Å². The Bertz CT molecular complexity index is 1640. The topological polar surface area (TPSA) is 122 Å². The van der Waals surface area contributed by atoms with E-state index in [1.807, 2.05) is 0 Å². The van der Waals surface area contributed by atoms with Gasteiger partial charge in [-0.1, -0.05) is 0 Å². The number of likely N-dealkylation sites (N-methyl/N-ethyl adjacent to an activating group) is 1. The SMILES string of the molecule is CN1N(Cc2ccc(O)c(F)c2F)C(O)I(C(=O)Nc2ccc(C(F)(F)F)cc2-c2cc(C(F)(F)F)ncn2)C(O)C12CCCC2. The van der Waals surface area contributed by atoms with E-state index in [2.05, 4.69) is 15.3 Å². The van der Waals surface area contributed by atoms with Crippen molar-refractivity contribution >= 4 is 29.4 Å². The van der Waals surface area contributed by atoms with Gasteiger partial charge >= 0.3 is 264 Å². The van der Waals surface area contributed by atoms with Crippen LogP contribution in [-0.2, 0) is 18.9 Å². The molecule has 0 bridgehead atoms. The fourth-order valence-electron chi connectivity index (χ4n) is 5.65. The molecule has 1 spiro atoms. The predicted octanol–water partition coefficient (Wildman–Crippen LogP) is 6.47. The fourth-order valence-corrected chi connectivity index (χ4v) is 11.4. The van der Waals surface area contributed by atoms with E-state index in [-0.39, 0.29) is 11.3 Å². The number of aliphatic hydroxyl groups is 2. The number of nitrogens with zero attached hydrogens (tertiary/aromatic N) is 4. The number of phenolic OH excluding ortho intramolecular Hbond substituents is 1. The van der Waals surface area contributed by atoms with Crippen LogP contribution < -0.4 is 5.32 Å². The number of benzene rings is 2. The Hall–Kier alpha value is -3.20. The van der Waals surface area contributed by atoms with Gasteiger partial charge < -0.3 is 0 Å². The van der Waals surface area contributed by atoms with E-state index < -0.39 is 96.4 Å². The molecule has 4 N–H and O–H groups in total. The van der Waals surface area contributed by atoms with Gasteiger partial charge in [-0.15, -0.1) is 0 Å². The van der Waals surface area contributed by atoms with Crippen molar-refractivity contribution in [3.05, 3.63) is 71.2 Å². The molecule has 9 nitrogen and oxygen atoms in total. The summed E-state index contributed by atoms with van der Waals surface area (Å²) in [6.45, 7) is -0.483. The number of carbonyl (C=O) groups is 1. The average Bonchev–Trinajstić information content (AvgIpc) is 3.49. The van der Waals surface area contributed by atoms with E-state index >= 15 is 0 Å². The maximum absolute atomic E-state index is 14.7. The molecule has 2 aliphatic rings. The van der Waals surface area contributed by atoms with Crippen LogP contribution in [0.25, 0.3) is 11.3 Å². The molecule has 18 heteroatoms. The maximum atomic E-state index is 14.7. The summed E-state index contributed by atoms with van der Waals surface area (Å²) in [7, 11) is 1.51. The molecule has 1 aliphatic heterocycles. The standard InChI is InChI=1S/C28H26F8IN5O4/c1-41-26(8-2-3-9-26)23(44)37(25(46)42(41)12-14-4-7-19(43)22(30)21(14)29)24(45)40-17-6-5-15(27(31,32)33)10-16(17)18-11-20(28(34,35)36)39-13-38-18/h4-7,10-11,13,23,25,43-44,46H,2-3,8-9,12H2,1H3,(H,40,45). The zero-order valence-electron chi connectivity index (χ0n) is 23.7. The van der Waals surface area contributed by atoms with Gasteiger partial charge in [-0.05, 0) is 0 Å². The summed E-state index contributed by atoms with van der Waals surface area (Å²) in [5.74, 6) is -3.86. The van der Waals surface area contributed by atoms with Crippen molar-refractivity contribution in [3.8, 4) is 17.0 Å². The van der Waals surface area contributed by atoms with E-state index in [1.165, 1.54) is 17.1 Å². The van der Waals surface area contributed by atoms with E-state index in [9.17, 15) is 55.2 Å². The number of hydrazine groups is 1. The zero-order chi connectivity index (χ0) is 33.8. The van der Waals surface area contributed by atoms with Gasteiger partial charge in [0.25, 0.3) is 0 Å². The number of phenols is 1. The summed E-state index contributed by atoms with van der Waals surface area (Å²) < 4.78 is 106. The van der Waals surface area contributed by atoms with Gasteiger partial charge in [0.1, 0.15) is 0 Å². The number of carbonyl (C=O) groups excluding carboxylic acids is 1. The number of anilines is 1. The Morgan fingerprint density at radius 3 is 2.30 bits per heavy atom. The molecule has 250 valence electrons. The molecule has 2 heterocycles. The minimum atomic E-state index is -4.96. The van der Waals surface area contributed by atoms with Gasteiger partial charge in [0.05, 0.1) is 0 Å². The summed E-state index contributed by atoms with van der Waals surface area (Å²) >= 11 is -3.87. The Kier molecular flexibility index (Phi) is 9.23. The van der Waals surface area contributed by atoms with E-state index in [4.69, 9.17) is 0 Å². The third-order valence-electron chi connectivity index (χ3n) is 8.11. The van der Waals surface area contributed by atoms with Gasteiger partial charge in [0.15, 0.2) is 0 Å². The Labute approximate surface area is 263 Å². The third-order valence-corrected chi connectivity index (χ3v) is 13.8. The van der Waals surface area contributed by atoms with Gasteiger partial charge in [-0.2, -0.15) is 0 Å². The van der Waals surface area contributed by atoms with Crippen LogP contribution in [-0.4, -0.2) is 60.2 Å². The number of aliphatic hydroxyl groups excluding tert-OH is 2. The van der Waals surface area contributed by atoms with Gasteiger partial charge in [-0.3, -0.25) is 0 Å². The molecule has 1 saturated carbocycles. The number of hydrogen-bond donors (Lipinski definition) is 4. The summed E-state index contributed by atoms with van der Waals surface area (Å²) in [5, 5.41) is 37.7. The van der Waals surface area contributed by atoms with Gasteiger partial charge in [0.2, 0.25) is 0 Å². The Morgan fingerprint density at radius 1 is 1.00 bits per heavy atom. The van der Waals surface area contributed by atoms with Crippen LogP contribution in [0, 0.1) is 11.6 Å². The number of alkyl halides is 8. The van der Waals surface area contributed by atoms with Crippen molar-refractivity contribution < 1.29 is 55.2 Å². The second-order valence-corrected chi connectivity index (χ2v) is 16.0. The van der Waals surface area contributed by atoms with Crippen molar-refractivity contribution in [3.63, 3.8) is 0 Å². The second kappa shape index (κ2) is 12.4. The van der Waals surface area contributed by atoms with Crippen LogP contribution in [0.15, 0.2) is 42.7 Å². The molecule has 2 aromatic carbocycles. The van der Waals surface area contributed by atoms with Crippen LogP contribution in [0.3, 0.4) is 0 Å². The summed E-state index contributed by atoms with van der Waals surface area (Å²) in [5.41, 5.74) is -5.57. The van der Waals surface area contributed by atoms with E-state index in [0.29, 0.717) is 50.2 Å². The molecular weight excluding hydrogens is 749 g/mol. The van der Waals surface area contributed by atoms with Crippen molar-refractivity contribution in [2.45, 2.75) is 58.5 Å². The normalized spacial score (nSPS) is 21.6. The monoisotopic (exact) mass is 775 g/mol. The first kappa shape index (κ1) is 34.1. The minimum absolute atomic E-state index is 0.281. The quantitative estimate of drug-likeness (QED) is 0.0766. The summed E-state index contributed by atoms with van der Waals surface area (Å²) in [6, 6.07) is 4.36. The number of halogens is 9. The third kappa shape index (κ3) is 6.24. The predicted molar refractivity (Wildman–Crippen MR) is 155 cm³/mol. The van der Waals surface area contributed by atoms with Gasteiger partial charge in [-0.25, -0.2) is 0 Å². The van der Waals surface area contributed by atoms with Crippen LogP contribution >= 0.6 is 19.8 Å². The molecule has 2 unspecified atom stereocenters. The molecule has 3 aromatic rings. The molecule has 1 aliphatic carbocycles. The summed E-state index contributed by atoms with van der Waals surface area (Å²) in [6.07, 6.45) is -7.40. The Morgan fingerprint density at radius 2 is 1.67 bits per heavy atom. The van der Waals surface area contributed by atoms with E-state index in [1.54, 1.807) is 0 Å². The molecule has 1 saturated heterocycles. The van der Waals surface area contributed by atoms with E-state index in [0.717, 1.165) is 18.2 Å². The number of nitrogens with one attached hydrogen (secondary N) is 1. The fraction of sp³-hybridized carbons (Fsp3) is 0.393. The number of hydrogen-bond acceptors (Lipinski definition) is 8. The van der Waals surface area contributed by atoms with Crippen LogP contribution in [0.5, 0.6) is 5.75 Å². The number of aromatic nitrogens is 2.